The van der Waals surface area contributed by atoms with Crippen molar-refractivity contribution in [3.05, 3.63) is 47.5 Å². The maximum absolute atomic E-state index is 12.1. The van der Waals surface area contributed by atoms with Gasteiger partial charge in [-0.05, 0) is 30.2 Å². The lowest BCUT2D eigenvalue weighted by Crippen LogP contribution is -1.97. The first-order valence-corrected chi connectivity index (χ1v) is 6.75. The van der Waals surface area contributed by atoms with Gasteiger partial charge >= 0.3 is 0 Å². The fourth-order valence-corrected chi connectivity index (χ4v) is 2.02. The summed E-state index contributed by atoms with van der Waals surface area (Å²) in [6.07, 6.45) is 0. The quantitative estimate of drug-likeness (QED) is 0.694. The van der Waals surface area contributed by atoms with Gasteiger partial charge in [-0.1, -0.05) is 18.1 Å². The predicted molar refractivity (Wildman–Crippen MR) is 85.4 cm³/mol. The number of hydrogen-bond acceptors (Lipinski definition) is 5. The molecule has 0 bridgehead atoms. The maximum Gasteiger partial charge on any atom is 0.239 e. The molecule has 0 amide bonds. The number of ketones is 1. The van der Waals surface area contributed by atoms with Gasteiger partial charge in [0.15, 0.2) is 11.5 Å². The van der Waals surface area contributed by atoms with Crippen molar-refractivity contribution in [1.82, 2.24) is 0 Å². The number of phenolic OH excluding ortho intramolecular Hbond substituents is 1. The molecule has 2 aromatic rings. The Balaban J connectivity index is 2.38. The SMILES string of the molecule is COc1cc(C#CC(=O)c2ccccc2O)cc(OC)c1OC. The normalized spacial score (nSPS) is 9.52. The highest BCUT2D eigenvalue weighted by Gasteiger charge is 2.12. The Morgan fingerprint density at radius 1 is 1.00 bits per heavy atom. The summed E-state index contributed by atoms with van der Waals surface area (Å²) in [6, 6.07) is 9.54. The molecule has 5 nitrogen and oxygen atoms in total. The van der Waals surface area contributed by atoms with Crippen molar-refractivity contribution in [3.63, 3.8) is 0 Å². The number of ether oxygens (including phenoxy) is 3. The van der Waals surface area contributed by atoms with Crippen LogP contribution in [-0.2, 0) is 0 Å². The molecule has 2 rings (SSSR count). The van der Waals surface area contributed by atoms with E-state index in [0.717, 1.165) is 0 Å². The Morgan fingerprint density at radius 2 is 1.61 bits per heavy atom. The van der Waals surface area contributed by atoms with Crippen LogP contribution in [0.2, 0.25) is 0 Å². The van der Waals surface area contributed by atoms with Crippen molar-refractivity contribution in [2.24, 2.45) is 0 Å². The van der Waals surface area contributed by atoms with E-state index in [2.05, 4.69) is 11.8 Å². The largest absolute Gasteiger partial charge is 0.507 e. The predicted octanol–water partition coefficient (Wildman–Crippen LogP) is 2.65. The van der Waals surface area contributed by atoms with Gasteiger partial charge in [0.1, 0.15) is 5.75 Å². The summed E-state index contributed by atoms with van der Waals surface area (Å²) >= 11 is 0. The zero-order chi connectivity index (χ0) is 16.8. The zero-order valence-electron chi connectivity index (χ0n) is 13.0. The number of benzene rings is 2. The lowest BCUT2D eigenvalue weighted by molar-refractivity contribution is 0.105. The van der Waals surface area contributed by atoms with Gasteiger partial charge in [0.2, 0.25) is 11.5 Å². The van der Waals surface area contributed by atoms with Crippen molar-refractivity contribution in [3.8, 4) is 34.8 Å². The molecule has 0 aliphatic heterocycles. The third-order valence-electron chi connectivity index (χ3n) is 3.13. The molecule has 0 radical (unpaired) electrons. The van der Waals surface area contributed by atoms with Crippen LogP contribution in [0.1, 0.15) is 15.9 Å². The summed E-state index contributed by atoms with van der Waals surface area (Å²) in [5.41, 5.74) is 0.690. The van der Waals surface area contributed by atoms with E-state index in [1.807, 2.05) is 0 Å². The molecule has 0 fully saturated rings. The molecule has 0 atom stereocenters. The van der Waals surface area contributed by atoms with Crippen molar-refractivity contribution in [2.75, 3.05) is 21.3 Å². The molecule has 5 heteroatoms. The number of para-hydroxylation sites is 1. The highest BCUT2D eigenvalue weighted by molar-refractivity contribution is 6.10. The van der Waals surface area contributed by atoms with E-state index in [1.54, 1.807) is 24.3 Å². The summed E-state index contributed by atoms with van der Waals surface area (Å²) in [5.74, 6) is 6.02. The van der Waals surface area contributed by atoms with Gasteiger partial charge in [0.25, 0.3) is 0 Å². The molecule has 0 saturated carbocycles. The Bertz CT molecular complexity index is 758. The van der Waals surface area contributed by atoms with E-state index in [9.17, 15) is 9.90 Å². The summed E-state index contributed by atoms with van der Waals surface area (Å²) in [5, 5.41) is 9.67. The molecule has 118 valence electrons. The number of methoxy groups -OCH3 is 3. The molecule has 0 heterocycles. The highest BCUT2D eigenvalue weighted by atomic mass is 16.5. The van der Waals surface area contributed by atoms with Gasteiger partial charge < -0.3 is 19.3 Å². The lowest BCUT2D eigenvalue weighted by atomic mass is 10.1. The van der Waals surface area contributed by atoms with E-state index in [0.29, 0.717) is 22.8 Å². The van der Waals surface area contributed by atoms with Crippen molar-refractivity contribution in [1.29, 1.82) is 0 Å². The molecule has 0 saturated heterocycles. The second-order valence-electron chi connectivity index (χ2n) is 4.51. The third kappa shape index (κ3) is 3.55. The average molecular weight is 312 g/mol. The lowest BCUT2D eigenvalue weighted by Gasteiger charge is -2.12. The van der Waals surface area contributed by atoms with Gasteiger partial charge in [-0.25, -0.2) is 0 Å². The topological polar surface area (TPSA) is 65.0 Å². The van der Waals surface area contributed by atoms with Gasteiger partial charge in [0, 0.05) is 5.56 Å². The summed E-state index contributed by atoms with van der Waals surface area (Å²) in [7, 11) is 4.51. The van der Waals surface area contributed by atoms with Crippen molar-refractivity contribution in [2.45, 2.75) is 0 Å². The van der Waals surface area contributed by atoms with Crippen molar-refractivity contribution < 1.29 is 24.1 Å². The molecule has 23 heavy (non-hydrogen) atoms. The first-order chi connectivity index (χ1) is 11.1. The highest BCUT2D eigenvalue weighted by Crippen LogP contribution is 2.37. The molecular weight excluding hydrogens is 296 g/mol. The van der Waals surface area contributed by atoms with Crippen LogP contribution in [0.25, 0.3) is 0 Å². The number of aromatic hydroxyl groups is 1. The minimum atomic E-state index is -0.475. The van der Waals surface area contributed by atoms with Crippen LogP contribution in [0, 0.1) is 11.8 Å². The van der Waals surface area contributed by atoms with E-state index in [-0.39, 0.29) is 11.3 Å². The number of carbonyl (C=O) groups is 1. The standard InChI is InChI=1S/C18H16O5/c1-21-16-10-12(11-17(22-2)18(16)23-3)8-9-15(20)13-6-4-5-7-14(13)19/h4-7,10-11,19H,1-3H3. The fourth-order valence-electron chi connectivity index (χ4n) is 2.02. The number of rotatable bonds is 4. The van der Waals surface area contributed by atoms with E-state index < -0.39 is 5.78 Å². The Hall–Kier alpha value is -3.13. The van der Waals surface area contributed by atoms with Crippen LogP contribution in [-0.4, -0.2) is 32.2 Å². The van der Waals surface area contributed by atoms with Crippen LogP contribution in [0.4, 0.5) is 0 Å². The molecule has 0 aliphatic carbocycles. The summed E-state index contributed by atoms with van der Waals surface area (Å²) < 4.78 is 15.7. The van der Waals surface area contributed by atoms with Crippen LogP contribution in [0.3, 0.4) is 0 Å². The van der Waals surface area contributed by atoms with E-state index in [4.69, 9.17) is 14.2 Å². The van der Waals surface area contributed by atoms with Crippen LogP contribution >= 0.6 is 0 Å². The number of phenols is 1. The van der Waals surface area contributed by atoms with Crippen molar-refractivity contribution >= 4 is 5.78 Å². The minimum Gasteiger partial charge on any atom is -0.507 e. The van der Waals surface area contributed by atoms with Crippen LogP contribution < -0.4 is 14.2 Å². The molecule has 0 aliphatic rings. The van der Waals surface area contributed by atoms with Gasteiger partial charge in [-0.2, -0.15) is 0 Å². The second-order valence-corrected chi connectivity index (χ2v) is 4.51. The monoisotopic (exact) mass is 312 g/mol. The number of Topliss-reactive ketones (excluding diaryl/α,β-unsaturated/α-hetero) is 1. The van der Waals surface area contributed by atoms with Gasteiger partial charge in [-0.15, -0.1) is 0 Å². The second kappa shape index (κ2) is 7.23. The number of carbonyl (C=O) groups excluding carboxylic acids is 1. The first kappa shape index (κ1) is 16.2. The smallest absolute Gasteiger partial charge is 0.239 e. The molecular formula is C18H16O5. The van der Waals surface area contributed by atoms with Gasteiger partial charge in [0.05, 0.1) is 26.9 Å². The summed E-state index contributed by atoms with van der Waals surface area (Å²) in [4.78, 5) is 12.1. The summed E-state index contributed by atoms with van der Waals surface area (Å²) in [6.45, 7) is 0. The Kier molecular flexibility index (Phi) is 5.11. The Labute approximate surface area is 134 Å². The minimum absolute atomic E-state index is 0.100. The molecule has 0 spiro atoms. The van der Waals surface area contributed by atoms with E-state index >= 15 is 0 Å². The molecule has 2 aromatic carbocycles. The maximum atomic E-state index is 12.1. The van der Waals surface area contributed by atoms with Gasteiger partial charge in [-0.3, -0.25) is 4.79 Å². The zero-order valence-corrected chi connectivity index (χ0v) is 13.0. The van der Waals surface area contributed by atoms with E-state index in [1.165, 1.54) is 33.5 Å². The fraction of sp³-hybridized carbons (Fsp3) is 0.167. The van der Waals surface area contributed by atoms with Crippen LogP contribution in [0.5, 0.6) is 23.0 Å². The molecule has 0 aromatic heterocycles. The average Bonchev–Trinajstić information content (AvgIpc) is 2.58. The first-order valence-electron chi connectivity index (χ1n) is 6.75. The third-order valence-corrected chi connectivity index (χ3v) is 3.13. The number of hydrogen-bond donors (Lipinski definition) is 1. The van der Waals surface area contributed by atoms with Crippen LogP contribution in [0.15, 0.2) is 36.4 Å². The molecule has 1 N–H and O–H groups in total. The molecule has 0 unspecified atom stereocenters. The Morgan fingerprint density at radius 3 is 2.13 bits per heavy atom.